The molecule has 0 amide bonds. The Morgan fingerprint density at radius 3 is 1.04 bits per heavy atom. The third kappa shape index (κ3) is 16.1. The Hall–Kier alpha value is -9.54. The highest BCUT2D eigenvalue weighted by Gasteiger charge is 2.26. The second-order valence-electron chi connectivity index (χ2n) is 26.7. The first kappa shape index (κ1) is 67.4. The molecule has 10 heteroatoms. The highest BCUT2D eigenvalue weighted by Crippen LogP contribution is 2.40. The fourth-order valence-electron chi connectivity index (χ4n) is 12.4. The van der Waals surface area contributed by atoms with Gasteiger partial charge in [-0.15, -0.1) is 0 Å². The molecule has 0 radical (unpaired) electrons. The normalized spacial score (nSPS) is 11.7. The van der Waals surface area contributed by atoms with Gasteiger partial charge in [0.1, 0.15) is 0 Å². The summed E-state index contributed by atoms with van der Waals surface area (Å²) in [6.07, 6.45) is 20.8. The number of benzene rings is 8. The summed E-state index contributed by atoms with van der Waals surface area (Å²) in [5.74, 6) is 4.28. The molecular weight excluding hydrogens is 1150 g/mol. The quantitative estimate of drug-likeness (QED) is 0.0686. The average molecular weight is 1240 g/mol. The maximum atomic E-state index is 5.14. The number of hydrogen-bond donors (Lipinski definition) is 0. The van der Waals surface area contributed by atoms with E-state index in [9.17, 15) is 0 Å². The Balaban J connectivity index is 0.000000192. The maximum absolute atomic E-state index is 5.14. The van der Waals surface area contributed by atoms with E-state index in [2.05, 4.69) is 239 Å². The van der Waals surface area contributed by atoms with Gasteiger partial charge in [0.15, 0.2) is 34.9 Å². The molecule has 0 saturated heterocycles. The van der Waals surface area contributed by atoms with E-state index in [1.54, 1.807) is 0 Å². The first-order chi connectivity index (χ1) is 45.5. The zero-order valence-corrected chi connectivity index (χ0v) is 57.4. The lowest BCUT2D eigenvalue weighted by Gasteiger charge is -2.27. The first-order valence-electron chi connectivity index (χ1n) is 34.1. The summed E-state index contributed by atoms with van der Waals surface area (Å²) in [5.41, 5.74) is 13.3. The van der Waals surface area contributed by atoms with Crippen LogP contribution in [0.3, 0.4) is 0 Å². The van der Waals surface area contributed by atoms with E-state index in [4.69, 9.17) is 39.9 Å². The van der Waals surface area contributed by atoms with Gasteiger partial charge >= 0.3 is 0 Å². The summed E-state index contributed by atoms with van der Waals surface area (Å²) >= 11 is 0. The third-order valence-electron chi connectivity index (χ3n) is 18.2. The van der Waals surface area contributed by atoms with Crippen LogP contribution in [0.15, 0.2) is 207 Å². The van der Waals surface area contributed by atoms with E-state index < -0.39 is 0 Å². The van der Waals surface area contributed by atoms with Gasteiger partial charge in [-0.2, -0.15) is 0 Å². The fourth-order valence-corrected chi connectivity index (χ4v) is 12.4. The number of nitrogens with zero attached hydrogens (tertiary/aromatic N) is 10. The summed E-state index contributed by atoms with van der Waals surface area (Å²) < 4.78 is 0. The van der Waals surface area contributed by atoms with Gasteiger partial charge in [0.25, 0.3) is 0 Å². The molecule has 0 N–H and O–H groups in total. The predicted octanol–water partition coefficient (Wildman–Crippen LogP) is 22.5. The zero-order valence-electron chi connectivity index (χ0n) is 57.4. The molecule has 0 atom stereocenters. The van der Waals surface area contributed by atoms with Gasteiger partial charge in [-0.3, -0.25) is 0 Å². The lowest BCUT2D eigenvalue weighted by atomic mass is 9.78. The number of aromatic nitrogens is 10. The van der Waals surface area contributed by atoms with Gasteiger partial charge in [-0.1, -0.05) is 310 Å². The van der Waals surface area contributed by atoms with E-state index in [1.165, 1.54) is 78.0 Å². The lowest BCUT2D eigenvalue weighted by Crippen LogP contribution is -2.17. The SMILES string of the molecule is CCCC(C)(C)c1ccc(-c2nc(-c3ncc(-c4ccccc4)cn3)nc(-c3ccc(C)c4ccccc34)n2)c2ccccc12.CCCCC.CCCCC(C)(C)c1ccc(-c2nc(-c3ccc(C(C)(C)CCCC)cc3)nc(-c3ncc(-c4ccccc4)cn3)n2)cc1. The van der Waals surface area contributed by atoms with Crippen molar-refractivity contribution in [2.75, 3.05) is 0 Å². The van der Waals surface area contributed by atoms with Crippen LogP contribution in [-0.4, -0.2) is 49.8 Å². The van der Waals surface area contributed by atoms with Crippen molar-refractivity contribution in [1.29, 1.82) is 0 Å². The molecule has 0 saturated carbocycles. The van der Waals surface area contributed by atoms with Gasteiger partial charge in [0.05, 0.1) is 0 Å². The van der Waals surface area contributed by atoms with Crippen LogP contribution < -0.4 is 0 Å². The predicted molar refractivity (Wildman–Crippen MR) is 392 cm³/mol. The van der Waals surface area contributed by atoms with Crippen LogP contribution in [0.1, 0.15) is 169 Å². The summed E-state index contributed by atoms with van der Waals surface area (Å²) in [7, 11) is 0. The summed E-state index contributed by atoms with van der Waals surface area (Å²) in [5, 5.41) is 4.62. The van der Waals surface area contributed by atoms with Crippen LogP contribution in [0, 0.1) is 6.92 Å². The highest BCUT2D eigenvalue weighted by atomic mass is 15.1. The minimum absolute atomic E-state index is 0.0391. The Bertz CT molecular complexity index is 4330. The van der Waals surface area contributed by atoms with E-state index in [0.29, 0.717) is 46.6 Å². The van der Waals surface area contributed by atoms with Crippen molar-refractivity contribution in [2.45, 2.75) is 170 Å². The largest absolute Gasteiger partial charge is 0.233 e. The van der Waals surface area contributed by atoms with E-state index >= 15 is 0 Å². The zero-order chi connectivity index (χ0) is 66.2. The second kappa shape index (κ2) is 30.9. The van der Waals surface area contributed by atoms with Crippen molar-refractivity contribution in [2.24, 2.45) is 0 Å². The van der Waals surface area contributed by atoms with Crippen molar-refractivity contribution in [3.8, 4) is 91.1 Å². The molecule has 478 valence electrons. The highest BCUT2D eigenvalue weighted by molar-refractivity contribution is 6.00. The third-order valence-corrected chi connectivity index (χ3v) is 18.2. The molecule has 4 heterocycles. The molecule has 0 aliphatic carbocycles. The van der Waals surface area contributed by atoms with Crippen LogP contribution in [0.25, 0.3) is 113 Å². The van der Waals surface area contributed by atoms with Gasteiger partial charge in [-0.05, 0) is 97.4 Å². The van der Waals surface area contributed by atoms with Gasteiger partial charge < -0.3 is 0 Å². The smallest absolute Gasteiger partial charge is 0.201 e. The Morgan fingerprint density at radius 1 is 0.266 bits per heavy atom. The number of aryl methyl sites for hydroxylation is 1. The average Bonchev–Trinajstić information content (AvgIpc) is 0.766. The first-order valence-corrected chi connectivity index (χ1v) is 34.1. The lowest BCUT2D eigenvalue weighted by molar-refractivity contribution is 0.458. The summed E-state index contributed by atoms with van der Waals surface area (Å²) in [4.78, 5) is 48.7. The molecule has 12 rings (SSSR count). The van der Waals surface area contributed by atoms with E-state index in [0.717, 1.165) is 81.0 Å². The van der Waals surface area contributed by atoms with Crippen molar-refractivity contribution in [3.05, 3.63) is 229 Å². The molecule has 12 aromatic rings. The molecule has 4 aromatic heterocycles. The molecule has 0 fully saturated rings. The molecule has 0 unspecified atom stereocenters. The van der Waals surface area contributed by atoms with Crippen molar-refractivity contribution >= 4 is 21.5 Å². The minimum Gasteiger partial charge on any atom is -0.233 e. The van der Waals surface area contributed by atoms with Crippen molar-refractivity contribution in [3.63, 3.8) is 0 Å². The molecule has 8 aromatic carbocycles. The number of hydrogen-bond acceptors (Lipinski definition) is 10. The molecule has 0 bridgehead atoms. The van der Waals surface area contributed by atoms with Crippen LogP contribution >= 0.6 is 0 Å². The monoisotopic (exact) mass is 1240 g/mol. The van der Waals surface area contributed by atoms with E-state index in [-0.39, 0.29) is 16.2 Å². The van der Waals surface area contributed by atoms with Crippen LogP contribution in [0.4, 0.5) is 0 Å². The molecule has 0 aliphatic heterocycles. The van der Waals surface area contributed by atoms with Crippen LogP contribution in [0.2, 0.25) is 0 Å². The number of rotatable bonds is 21. The maximum Gasteiger partial charge on any atom is 0.201 e. The number of unbranched alkanes of at least 4 members (excludes halogenated alkanes) is 4. The Morgan fingerprint density at radius 2 is 0.628 bits per heavy atom. The molecule has 0 spiro atoms. The number of fused-ring (bicyclic) bond motifs is 2. The molecule has 0 aliphatic rings. The summed E-state index contributed by atoms with van der Waals surface area (Å²) in [6, 6.07) is 63.3. The van der Waals surface area contributed by atoms with Crippen molar-refractivity contribution in [1.82, 2.24) is 49.8 Å². The van der Waals surface area contributed by atoms with Gasteiger partial charge in [0, 0.05) is 58.2 Å². The summed E-state index contributed by atoms with van der Waals surface area (Å²) in [6.45, 7) is 27.2. The molecular formula is C84H92N10. The Kier molecular flexibility index (Phi) is 22.2. The fraction of sp³-hybridized carbons (Fsp3) is 0.310. The second-order valence-corrected chi connectivity index (χ2v) is 26.7. The minimum atomic E-state index is 0.0391. The van der Waals surface area contributed by atoms with Gasteiger partial charge in [-0.25, -0.2) is 49.8 Å². The standard InChI is InChI=1S/C40H35N5.C39H45N5.C5H12/c1-5-23-40(3,4)35-22-21-34(31-17-11-12-18-32(31)35)37-43-36(33-20-19-26(2)29-15-9-10-16-30(29)33)44-39(45-37)38-41-24-28(25-42-38)27-13-7-6-8-14-27;1-7-9-24-38(3,4)32-20-16-29(17-21-32)34-42-35(30-18-22-33(23-19-30)39(5,6)25-10-8-2)44-37(43-34)36-40-26-31(27-41-36)28-14-12-11-13-15-28;1-3-5-4-2/h6-22,24-25H,5,23H2,1-4H3;11-23,26-27H,7-10,24-25H2,1-6H3;3-5H2,1-2H3. The van der Waals surface area contributed by atoms with Crippen LogP contribution in [0.5, 0.6) is 0 Å². The topological polar surface area (TPSA) is 129 Å². The van der Waals surface area contributed by atoms with E-state index in [1.807, 2.05) is 61.2 Å². The molecule has 94 heavy (non-hydrogen) atoms. The Labute approximate surface area is 558 Å². The van der Waals surface area contributed by atoms with Crippen LogP contribution in [-0.2, 0) is 16.2 Å². The van der Waals surface area contributed by atoms with Crippen molar-refractivity contribution < 1.29 is 0 Å². The molecule has 10 nitrogen and oxygen atoms in total. The van der Waals surface area contributed by atoms with Gasteiger partial charge in [0.2, 0.25) is 11.6 Å².